The number of aryl methyl sites for hydroxylation is 2. The third-order valence-electron chi connectivity index (χ3n) is 3.33. The molecule has 2 heteroatoms. The van der Waals surface area contributed by atoms with Gasteiger partial charge in [-0.1, -0.05) is 12.5 Å². The van der Waals surface area contributed by atoms with Crippen LogP contribution in [0.2, 0.25) is 0 Å². The average molecular weight is 218 g/mol. The van der Waals surface area contributed by atoms with Crippen molar-refractivity contribution in [1.29, 1.82) is 0 Å². The Labute approximate surface area is 98.7 Å². The molecule has 0 spiro atoms. The van der Waals surface area contributed by atoms with Gasteiger partial charge in [-0.2, -0.15) is 0 Å². The molecule has 0 aliphatic carbocycles. The number of aromatic nitrogens is 1. The van der Waals surface area contributed by atoms with Gasteiger partial charge in [-0.25, -0.2) is 0 Å². The van der Waals surface area contributed by atoms with Gasteiger partial charge in [0.15, 0.2) is 0 Å². The number of hydrogen-bond donors (Lipinski definition) is 0. The zero-order chi connectivity index (χ0) is 11.2. The van der Waals surface area contributed by atoms with Crippen molar-refractivity contribution in [3.8, 4) is 0 Å². The molecule has 0 N–H and O–H groups in total. The van der Waals surface area contributed by atoms with E-state index >= 15 is 0 Å². The fourth-order valence-electron chi connectivity index (χ4n) is 2.31. The van der Waals surface area contributed by atoms with Crippen LogP contribution in [0.25, 0.3) is 0 Å². The van der Waals surface area contributed by atoms with E-state index in [1.807, 2.05) is 6.20 Å². The van der Waals surface area contributed by atoms with Gasteiger partial charge in [-0.05, 0) is 63.9 Å². The molecule has 2 heterocycles. The number of piperidine rings is 1. The minimum atomic E-state index is 1.12. The smallest absolute Gasteiger partial charge is 0.0404 e. The molecule has 0 aromatic carbocycles. The highest BCUT2D eigenvalue weighted by Gasteiger charge is 2.08. The van der Waals surface area contributed by atoms with E-state index in [0.717, 1.165) is 6.42 Å². The van der Waals surface area contributed by atoms with E-state index < -0.39 is 0 Å². The first-order chi connectivity index (χ1) is 7.84. The summed E-state index contributed by atoms with van der Waals surface area (Å²) in [4.78, 5) is 7.04. The Kier molecular flexibility index (Phi) is 4.34. The summed E-state index contributed by atoms with van der Waals surface area (Å²) in [6.45, 7) is 5.95. The fourth-order valence-corrected chi connectivity index (χ4v) is 2.31. The van der Waals surface area contributed by atoms with Crippen molar-refractivity contribution in [1.82, 2.24) is 9.88 Å². The van der Waals surface area contributed by atoms with E-state index in [1.54, 1.807) is 0 Å². The van der Waals surface area contributed by atoms with Crippen molar-refractivity contribution in [2.24, 2.45) is 0 Å². The highest BCUT2D eigenvalue weighted by atomic mass is 15.1. The molecule has 1 aliphatic heterocycles. The van der Waals surface area contributed by atoms with Crippen molar-refractivity contribution in [2.75, 3.05) is 19.6 Å². The molecule has 0 bridgehead atoms. The Morgan fingerprint density at radius 1 is 1.19 bits per heavy atom. The largest absolute Gasteiger partial charge is 0.303 e. The fraction of sp³-hybridized carbons (Fsp3) is 0.643. The first-order valence-corrected chi connectivity index (χ1v) is 6.48. The molecule has 1 aliphatic rings. The second-order valence-corrected chi connectivity index (χ2v) is 4.83. The van der Waals surface area contributed by atoms with E-state index in [2.05, 4.69) is 28.9 Å². The van der Waals surface area contributed by atoms with Crippen LogP contribution in [0.4, 0.5) is 0 Å². The van der Waals surface area contributed by atoms with Crippen molar-refractivity contribution in [3.63, 3.8) is 0 Å². The topological polar surface area (TPSA) is 16.1 Å². The minimum Gasteiger partial charge on any atom is -0.303 e. The lowest BCUT2D eigenvalue weighted by Gasteiger charge is -2.26. The predicted octanol–water partition coefficient (Wildman–Crippen LogP) is 2.81. The Hall–Kier alpha value is -0.890. The molecule has 16 heavy (non-hydrogen) atoms. The molecule has 0 unspecified atom stereocenters. The summed E-state index contributed by atoms with van der Waals surface area (Å²) in [5.74, 6) is 0. The molecule has 0 saturated carbocycles. The van der Waals surface area contributed by atoms with E-state index in [9.17, 15) is 0 Å². The normalized spacial score (nSPS) is 17.6. The van der Waals surface area contributed by atoms with Gasteiger partial charge in [0.25, 0.3) is 0 Å². The molecule has 2 rings (SSSR count). The van der Waals surface area contributed by atoms with Crippen LogP contribution in [-0.2, 0) is 6.42 Å². The van der Waals surface area contributed by atoms with Gasteiger partial charge in [0.2, 0.25) is 0 Å². The zero-order valence-corrected chi connectivity index (χ0v) is 10.3. The lowest BCUT2D eigenvalue weighted by Crippen LogP contribution is -2.30. The number of rotatable bonds is 4. The van der Waals surface area contributed by atoms with Gasteiger partial charge in [-0.3, -0.25) is 4.98 Å². The van der Waals surface area contributed by atoms with Crippen LogP contribution in [0.3, 0.4) is 0 Å². The van der Waals surface area contributed by atoms with Gasteiger partial charge < -0.3 is 4.90 Å². The molecule has 88 valence electrons. The molecule has 1 aromatic heterocycles. The summed E-state index contributed by atoms with van der Waals surface area (Å²) < 4.78 is 0. The average Bonchev–Trinajstić information content (AvgIpc) is 2.33. The Morgan fingerprint density at radius 3 is 2.69 bits per heavy atom. The molecular weight excluding hydrogens is 196 g/mol. The Morgan fingerprint density at radius 2 is 2.00 bits per heavy atom. The second kappa shape index (κ2) is 6.00. The van der Waals surface area contributed by atoms with Crippen molar-refractivity contribution >= 4 is 0 Å². The summed E-state index contributed by atoms with van der Waals surface area (Å²) in [7, 11) is 0. The van der Waals surface area contributed by atoms with E-state index in [-0.39, 0.29) is 0 Å². The van der Waals surface area contributed by atoms with Crippen molar-refractivity contribution < 1.29 is 0 Å². The van der Waals surface area contributed by atoms with Gasteiger partial charge in [-0.15, -0.1) is 0 Å². The number of hydrogen-bond acceptors (Lipinski definition) is 2. The number of pyridine rings is 1. The molecule has 1 aromatic rings. The third kappa shape index (κ3) is 3.60. The standard InChI is InChI=1S/C14H22N2/c1-13-7-8-14(15-12-13)6-5-11-16-9-3-2-4-10-16/h7-8,12H,2-6,9-11H2,1H3. The minimum absolute atomic E-state index is 1.12. The zero-order valence-electron chi connectivity index (χ0n) is 10.3. The molecule has 1 saturated heterocycles. The van der Waals surface area contributed by atoms with Crippen LogP contribution in [0, 0.1) is 6.92 Å². The second-order valence-electron chi connectivity index (χ2n) is 4.83. The maximum atomic E-state index is 4.44. The van der Waals surface area contributed by atoms with Crippen LogP contribution < -0.4 is 0 Å². The lowest BCUT2D eigenvalue weighted by molar-refractivity contribution is 0.226. The van der Waals surface area contributed by atoms with Crippen molar-refractivity contribution in [2.45, 2.75) is 39.0 Å². The third-order valence-corrected chi connectivity index (χ3v) is 3.33. The predicted molar refractivity (Wildman–Crippen MR) is 67.6 cm³/mol. The van der Waals surface area contributed by atoms with Gasteiger partial charge in [0.1, 0.15) is 0 Å². The van der Waals surface area contributed by atoms with E-state index in [1.165, 1.54) is 56.6 Å². The molecule has 1 fully saturated rings. The van der Waals surface area contributed by atoms with Gasteiger partial charge in [0, 0.05) is 11.9 Å². The summed E-state index contributed by atoms with van der Waals surface area (Å²) in [6, 6.07) is 4.31. The van der Waals surface area contributed by atoms with Crippen molar-refractivity contribution in [3.05, 3.63) is 29.6 Å². The Balaban J connectivity index is 1.69. The summed E-state index contributed by atoms with van der Waals surface area (Å²) in [5, 5.41) is 0. The monoisotopic (exact) mass is 218 g/mol. The molecule has 2 nitrogen and oxygen atoms in total. The molecule has 0 amide bonds. The number of nitrogens with zero attached hydrogens (tertiary/aromatic N) is 2. The van der Waals surface area contributed by atoms with Crippen LogP contribution in [0.1, 0.15) is 36.9 Å². The van der Waals surface area contributed by atoms with E-state index in [4.69, 9.17) is 0 Å². The van der Waals surface area contributed by atoms with Gasteiger partial charge in [0.05, 0.1) is 0 Å². The lowest BCUT2D eigenvalue weighted by atomic mass is 10.1. The van der Waals surface area contributed by atoms with Crippen LogP contribution in [0.5, 0.6) is 0 Å². The molecule has 0 radical (unpaired) electrons. The van der Waals surface area contributed by atoms with Crippen LogP contribution in [-0.4, -0.2) is 29.5 Å². The van der Waals surface area contributed by atoms with Crippen LogP contribution >= 0.6 is 0 Å². The van der Waals surface area contributed by atoms with Gasteiger partial charge >= 0.3 is 0 Å². The molecular formula is C14H22N2. The first-order valence-electron chi connectivity index (χ1n) is 6.48. The first kappa shape index (κ1) is 11.6. The Bertz CT molecular complexity index is 299. The summed E-state index contributed by atoms with van der Waals surface area (Å²) in [6.07, 6.45) is 8.55. The molecule has 0 atom stereocenters. The maximum Gasteiger partial charge on any atom is 0.0404 e. The highest BCUT2D eigenvalue weighted by Crippen LogP contribution is 2.10. The summed E-state index contributed by atoms with van der Waals surface area (Å²) >= 11 is 0. The summed E-state index contributed by atoms with van der Waals surface area (Å²) in [5.41, 5.74) is 2.49. The number of likely N-dealkylation sites (tertiary alicyclic amines) is 1. The SMILES string of the molecule is Cc1ccc(CCCN2CCCCC2)nc1. The highest BCUT2D eigenvalue weighted by molar-refractivity contribution is 5.12. The van der Waals surface area contributed by atoms with Crippen LogP contribution in [0.15, 0.2) is 18.3 Å². The quantitative estimate of drug-likeness (QED) is 0.772. The maximum absolute atomic E-state index is 4.44. The van der Waals surface area contributed by atoms with E-state index in [0.29, 0.717) is 0 Å².